The Bertz CT molecular complexity index is 400. The van der Waals surface area contributed by atoms with Crippen LogP contribution in [0.2, 0.25) is 10.0 Å². The fourth-order valence-electron chi connectivity index (χ4n) is 2.15. The Balaban J connectivity index is 2.21. The van der Waals surface area contributed by atoms with Crippen LogP contribution in [0.15, 0.2) is 30.9 Å². The molecule has 1 heterocycles. The summed E-state index contributed by atoms with van der Waals surface area (Å²) >= 11 is 12.0. The highest BCUT2D eigenvalue weighted by Gasteiger charge is 2.19. The van der Waals surface area contributed by atoms with Crippen LogP contribution in [0.3, 0.4) is 0 Å². The molecular formula is C13H16Cl2N2. The highest BCUT2D eigenvalue weighted by Crippen LogP contribution is 2.29. The minimum atomic E-state index is 0.215. The topological polar surface area (TPSA) is 15.3 Å². The van der Waals surface area contributed by atoms with Crippen LogP contribution in [-0.2, 0) is 0 Å². The Morgan fingerprint density at radius 1 is 1.24 bits per heavy atom. The van der Waals surface area contributed by atoms with Gasteiger partial charge in [-0.15, -0.1) is 6.58 Å². The molecule has 1 saturated heterocycles. The molecule has 2 nitrogen and oxygen atoms in total. The van der Waals surface area contributed by atoms with Crippen molar-refractivity contribution in [2.75, 3.05) is 26.2 Å². The Morgan fingerprint density at radius 3 is 2.53 bits per heavy atom. The summed E-state index contributed by atoms with van der Waals surface area (Å²) in [6, 6.07) is 6.01. The Kier molecular flexibility index (Phi) is 4.46. The van der Waals surface area contributed by atoms with Crippen LogP contribution in [0.1, 0.15) is 11.6 Å². The van der Waals surface area contributed by atoms with Crippen molar-refractivity contribution in [2.45, 2.75) is 6.04 Å². The van der Waals surface area contributed by atoms with E-state index in [1.807, 2.05) is 24.3 Å². The number of hydrogen-bond acceptors (Lipinski definition) is 2. The van der Waals surface area contributed by atoms with Crippen LogP contribution in [0.5, 0.6) is 0 Å². The summed E-state index contributed by atoms with van der Waals surface area (Å²) in [5, 5.41) is 4.54. The van der Waals surface area contributed by atoms with Crippen molar-refractivity contribution in [1.82, 2.24) is 10.2 Å². The van der Waals surface area contributed by atoms with E-state index >= 15 is 0 Å². The molecule has 0 amide bonds. The van der Waals surface area contributed by atoms with Crippen LogP contribution in [0.25, 0.3) is 0 Å². The lowest BCUT2D eigenvalue weighted by Crippen LogP contribution is -2.44. The van der Waals surface area contributed by atoms with Gasteiger partial charge in [0.15, 0.2) is 0 Å². The smallest absolute Gasteiger partial charge is 0.0595 e. The third-order valence-corrected chi connectivity index (χ3v) is 3.79. The minimum Gasteiger partial charge on any atom is -0.314 e. The molecule has 4 heteroatoms. The molecule has 0 saturated carbocycles. The number of piperazine rings is 1. The molecule has 1 N–H and O–H groups in total. The van der Waals surface area contributed by atoms with Gasteiger partial charge in [-0.25, -0.2) is 0 Å². The van der Waals surface area contributed by atoms with Crippen LogP contribution in [0.4, 0.5) is 0 Å². The van der Waals surface area contributed by atoms with Crippen molar-refractivity contribution in [1.29, 1.82) is 0 Å². The van der Waals surface area contributed by atoms with E-state index in [4.69, 9.17) is 23.2 Å². The molecule has 0 aliphatic carbocycles. The molecule has 0 spiro atoms. The highest BCUT2D eigenvalue weighted by atomic mass is 35.5. The Morgan fingerprint density at radius 2 is 1.94 bits per heavy atom. The van der Waals surface area contributed by atoms with Gasteiger partial charge >= 0.3 is 0 Å². The normalized spacial score (nSPS) is 18.9. The zero-order valence-corrected chi connectivity index (χ0v) is 11.1. The number of hydrogen-bond donors (Lipinski definition) is 1. The molecule has 1 aliphatic heterocycles. The zero-order valence-electron chi connectivity index (χ0n) is 9.63. The van der Waals surface area contributed by atoms with Crippen molar-refractivity contribution in [2.24, 2.45) is 0 Å². The SMILES string of the molecule is C=C[C@H](c1ccc(Cl)c(Cl)c1)N1CCNCC1. The molecule has 0 bridgehead atoms. The summed E-state index contributed by atoms with van der Waals surface area (Å²) < 4.78 is 0. The maximum Gasteiger partial charge on any atom is 0.0595 e. The van der Waals surface area contributed by atoms with Crippen LogP contribution >= 0.6 is 23.2 Å². The summed E-state index contributed by atoms with van der Waals surface area (Å²) in [5.74, 6) is 0. The fourth-order valence-corrected chi connectivity index (χ4v) is 2.46. The van der Waals surface area contributed by atoms with Crippen LogP contribution < -0.4 is 5.32 Å². The largest absolute Gasteiger partial charge is 0.314 e. The van der Waals surface area contributed by atoms with E-state index in [1.54, 1.807) is 0 Å². The molecule has 1 aromatic carbocycles. The van der Waals surface area contributed by atoms with Gasteiger partial charge in [-0.2, -0.15) is 0 Å². The maximum atomic E-state index is 6.06. The molecule has 17 heavy (non-hydrogen) atoms. The standard InChI is InChI=1S/C13H16Cl2N2/c1-2-13(17-7-5-16-6-8-17)10-3-4-11(14)12(15)9-10/h2-4,9,13,16H,1,5-8H2/t13-/m1/s1. The summed E-state index contributed by atoms with van der Waals surface area (Å²) in [7, 11) is 0. The van der Waals surface area contributed by atoms with Crippen molar-refractivity contribution < 1.29 is 0 Å². The lowest BCUT2D eigenvalue weighted by molar-refractivity contribution is 0.203. The first-order valence-corrected chi connectivity index (χ1v) is 6.50. The van der Waals surface area contributed by atoms with Gasteiger partial charge in [-0.3, -0.25) is 4.90 Å². The average molecular weight is 271 g/mol. The molecule has 1 fully saturated rings. The van der Waals surface area contributed by atoms with E-state index < -0.39 is 0 Å². The lowest BCUT2D eigenvalue weighted by atomic mass is 10.0. The third-order valence-electron chi connectivity index (χ3n) is 3.05. The first kappa shape index (κ1) is 12.9. The minimum absolute atomic E-state index is 0.215. The van der Waals surface area contributed by atoms with Crippen molar-refractivity contribution in [3.8, 4) is 0 Å². The maximum absolute atomic E-state index is 6.06. The van der Waals surface area contributed by atoms with E-state index in [0.29, 0.717) is 10.0 Å². The summed E-state index contributed by atoms with van der Waals surface area (Å²) in [6.45, 7) is 8.02. The lowest BCUT2D eigenvalue weighted by Gasteiger charge is -2.33. The number of nitrogens with one attached hydrogen (secondary N) is 1. The molecule has 0 aromatic heterocycles. The second-order valence-corrected chi connectivity index (χ2v) is 4.95. The number of nitrogens with zero attached hydrogens (tertiary/aromatic N) is 1. The van der Waals surface area contributed by atoms with Gasteiger partial charge < -0.3 is 5.32 Å². The zero-order chi connectivity index (χ0) is 12.3. The van der Waals surface area contributed by atoms with Gasteiger partial charge in [0, 0.05) is 26.2 Å². The quantitative estimate of drug-likeness (QED) is 0.850. The summed E-state index contributed by atoms with van der Waals surface area (Å²) in [5.41, 5.74) is 1.15. The number of benzene rings is 1. The van der Waals surface area contributed by atoms with E-state index in [-0.39, 0.29) is 6.04 Å². The van der Waals surface area contributed by atoms with E-state index in [2.05, 4.69) is 16.8 Å². The summed E-state index contributed by atoms with van der Waals surface area (Å²) in [4.78, 5) is 2.39. The third kappa shape index (κ3) is 3.02. The molecule has 1 atom stereocenters. The van der Waals surface area contributed by atoms with Gasteiger partial charge in [0.1, 0.15) is 0 Å². The fraction of sp³-hybridized carbons (Fsp3) is 0.385. The van der Waals surface area contributed by atoms with Crippen LogP contribution in [0, 0.1) is 0 Å². The van der Waals surface area contributed by atoms with E-state index in [0.717, 1.165) is 31.7 Å². The first-order valence-electron chi connectivity index (χ1n) is 5.74. The highest BCUT2D eigenvalue weighted by molar-refractivity contribution is 6.42. The molecule has 1 aromatic rings. The number of rotatable bonds is 3. The molecular weight excluding hydrogens is 255 g/mol. The van der Waals surface area contributed by atoms with Crippen LogP contribution in [-0.4, -0.2) is 31.1 Å². The Labute approximate surface area is 112 Å². The van der Waals surface area contributed by atoms with Gasteiger partial charge in [-0.05, 0) is 17.7 Å². The van der Waals surface area contributed by atoms with Crippen molar-refractivity contribution in [3.05, 3.63) is 46.5 Å². The molecule has 0 radical (unpaired) electrons. The first-order chi connectivity index (χ1) is 8.22. The van der Waals surface area contributed by atoms with E-state index in [9.17, 15) is 0 Å². The molecule has 1 aliphatic rings. The second kappa shape index (κ2) is 5.87. The van der Waals surface area contributed by atoms with Crippen molar-refractivity contribution >= 4 is 23.2 Å². The average Bonchev–Trinajstić information content (AvgIpc) is 2.36. The molecule has 92 valence electrons. The summed E-state index contributed by atoms with van der Waals surface area (Å²) in [6.07, 6.45) is 1.96. The van der Waals surface area contributed by atoms with Gasteiger partial charge in [0.2, 0.25) is 0 Å². The van der Waals surface area contributed by atoms with E-state index in [1.165, 1.54) is 0 Å². The number of halogens is 2. The Hall–Kier alpha value is -0.540. The van der Waals surface area contributed by atoms with Gasteiger partial charge in [0.25, 0.3) is 0 Å². The molecule has 0 unspecified atom stereocenters. The van der Waals surface area contributed by atoms with Gasteiger partial charge in [-0.1, -0.05) is 35.3 Å². The van der Waals surface area contributed by atoms with Gasteiger partial charge in [0.05, 0.1) is 16.1 Å². The monoisotopic (exact) mass is 270 g/mol. The predicted molar refractivity (Wildman–Crippen MR) is 73.8 cm³/mol. The second-order valence-electron chi connectivity index (χ2n) is 4.14. The predicted octanol–water partition coefficient (Wildman–Crippen LogP) is 3.13. The van der Waals surface area contributed by atoms with Crippen molar-refractivity contribution in [3.63, 3.8) is 0 Å². The molecule has 2 rings (SSSR count).